The molecule has 2 saturated heterocycles. The highest BCUT2D eigenvalue weighted by molar-refractivity contribution is 8.76. The van der Waals surface area contributed by atoms with Crippen molar-refractivity contribution in [3.63, 3.8) is 0 Å². The van der Waals surface area contributed by atoms with E-state index in [0.29, 0.717) is 54.6 Å². The molecule has 10 nitrogen and oxygen atoms in total. The smallest absolute Gasteiger partial charge is 0.220 e. The normalized spacial score (nSPS) is 18.6. The van der Waals surface area contributed by atoms with E-state index in [-0.39, 0.29) is 54.2 Å². The standard InChI is InChI=1S/C31H47N3O7S3/c1-32-28(35)7-4-5-12-41-23-16-26(39-2)25(27(17-23)40-3)19-34-30(37)9-6-8-29(36)33-18-24-15-22(20-42-24)31(38)21-10-13-43-44-14-11-21/h16-17,21-22,24H,4-15,18-20H2,1-3H3,(H,32,35)(H,33,36)(H,34,37). The molecule has 0 radical (unpaired) electrons. The molecule has 44 heavy (non-hydrogen) atoms. The highest BCUT2D eigenvalue weighted by Crippen LogP contribution is 2.38. The first-order valence-electron chi connectivity index (χ1n) is 15.4. The third kappa shape index (κ3) is 12.3. The molecule has 2 atom stereocenters. The van der Waals surface area contributed by atoms with E-state index in [9.17, 15) is 19.2 Å². The molecule has 3 amide bonds. The number of rotatable bonds is 18. The van der Waals surface area contributed by atoms with Crippen molar-refractivity contribution in [3.8, 4) is 17.2 Å². The molecule has 0 spiro atoms. The fraction of sp³-hybridized carbons (Fsp3) is 0.677. The Hall–Kier alpha value is -2.25. The Morgan fingerprint density at radius 1 is 0.841 bits per heavy atom. The second-order valence-electron chi connectivity index (χ2n) is 10.9. The molecule has 13 heteroatoms. The molecule has 1 aromatic carbocycles. The summed E-state index contributed by atoms with van der Waals surface area (Å²) in [5, 5.41) is 8.76. The van der Waals surface area contributed by atoms with Crippen LogP contribution in [0.5, 0.6) is 17.2 Å². The number of ether oxygens (including phenoxy) is 3. The van der Waals surface area contributed by atoms with Crippen molar-refractivity contribution in [3.05, 3.63) is 17.7 Å². The van der Waals surface area contributed by atoms with Crippen LogP contribution in [-0.2, 0) is 25.7 Å². The molecule has 2 aliphatic rings. The Kier molecular flexibility index (Phi) is 16.5. The molecule has 2 unspecified atom stereocenters. The van der Waals surface area contributed by atoms with Crippen LogP contribution in [0.3, 0.4) is 0 Å². The summed E-state index contributed by atoms with van der Waals surface area (Å²) in [6, 6.07) is 3.51. The lowest BCUT2D eigenvalue weighted by Crippen LogP contribution is -2.31. The number of hydrogen-bond donors (Lipinski definition) is 3. The Bertz CT molecular complexity index is 1070. The summed E-state index contributed by atoms with van der Waals surface area (Å²) in [6.07, 6.45) is 5.65. The summed E-state index contributed by atoms with van der Waals surface area (Å²) in [7, 11) is 8.46. The fourth-order valence-electron chi connectivity index (χ4n) is 5.23. The van der Waals surface area contributed by atoms with Crippen molar-refractivity contribution < 1.29 is 33.4 Å². The lowest BCUT2D eigenvalue weighted by molar-refractivity contribution is -0.126. The van der Waals surface area contributed by atoms with E-state index < -0.39 is 0 Å². The molecule has 2 fully saturated rings. The molecule has 3 N–H and O–H groups in total. The maximum absolute atomic E-state index is 13.0. The molecule has 0 bridgehead atoms. The van der Waals surface area contributed by atoms with Gasteiger partial charge in [0.25, 0.3) is 0 Å². The van der Waals surface area contributed by atoms with Gasteiger partial charge < -0.3 is 30.2 Å². The fourth-order valence-corrected chi connectivity index (χ4v) is 8.88. The second-order valence-corrected chi connectivity index (χ2v) is 15.0. The minimum absolute atomic E-state index is 0.00752. The molecule has 246 valence electrons. The highest BCUT2D eigenvalue weighted by Gasteiger charge is 2.34. The second kappa shape index (κ2) is 20.0. The maximum Gasteiger partial charge on any atom is 0.220 e. The summed E-state index contributed by atoms with van der Waals surface area (Å²) in [5.74, 6) is 5.09. The van der Waals surface area contributed by atoms with Crippen molar-refractivity contribution in [2.24, 2.45) is 11.8 Å². The summed E-state index contributed by atoms with van der Waals surface area (Å²) >= 11 is 1.79. The third-order valence-electron chi connectivity index (χ3n) is 7.79. The average molecular weight is 670 g/mol. The van der Waals surface area contributed by atoms with Crippen molar-refractivity contribution in [2.45, 2.75) is 69.6 Å². The zero-order valence-corrected chi connectivity index (χ0v) is 28.5. The molecule has 1 aromatic rings. The first kappa shape index (κ1) is 36.2. The molecule has 0 aliphatic carbocycles. The highest BCUT2D eigenvalue weighted by atomic mass is 33.1. The maximum atomic E-state index is 13.0. The van der Waals surface area contributed by atoms with Crippen LogP contribution < -0.4 is 30.2 Å². The first-order chi connectivity index (χ1) is 21.3. The van der Waals surface area contributed by atoms with Gasteiger partial charge in [-0.15, -0.1) is 0 Å². The van der Waals surface area contributed by atoms with Gasteiger partial charge in [-0.1, -0.05) is 21.6 Å². The number of unbranched alkanes of at least 4 members (excludes halogenated alkanes) is 1. The molecule has 0 aromatic heterocycles. The predicted octanol–water partition coefficient (Wildman–Crippen LogP) is 4.38. The van der Waals surface area contributed by atoms with Gasteiger partial charge in [0.2, 0.25) is 17.7 Å². The van der Waals surface area contributed by atoms with Gasteiger partial charge >= 0.3 is 0 Å². The van der Waals surface area contributed by atoms with Crippen LogP contribution in [0.4, 0.5) is 0 Å². The number of Topliss-reactive ketones (excluding diaryl/α,β-unsaturated/α-hetero) is 1. The molecule has 2 heterocycles. The van der Waals surface area contributed by atoms with Crippen LogP contribution in [0, 0.1) is 11.8 Å². The molecule has 3 rings (SSSR count). The molecular formula is C31H47N3O7S3. The van der Waals surface area contributed by atoms with Crippen molar-refractivity contribution in [1.82, 2.24) is 16.0 Å². The summed E-state index contributed by atoms with van der Waals surface area (Å²) in [6.45, 7) is 1.22. The number of benzene rings is 1. The van der Waals surface area contributed by atoms with Gasteiger partial charge in [0.1, 0.15) is 23.0 Å². The molecule has 2 aliphatic heterocycles. The number of ketones is 1. The zero-order chi connectivity index (χ0) is 31.7. The minimum atomic E-state index is -0.165. The van der Waals surface area contributed by atoms with Crippen LogP contribution in [0.25, 0.3) is 0 Å². The summed E-state index contributed by atoms with van der Waals surface area (Å²) in [5.41, 5.74) is 0.690. The van der Waals surface area contributed by atoms with Crippen LogP contribution in [-0.4, -0.2) is 80.4 Å². The van der Waals surface area contributed by atoms with Gasteiger partial charge in [0.05, 0.1) is 32.9 Å². The lowest BCUT2D eigenvalue weighted by atomic mass is 9.87. The van der Waals surface area contributed by atoms with Gasteiger partial charge in [-0.3, -0.25) is 19.2 Å². The van der Waals surface area contributed by atoms with Gasteiger partial charge in [-0.2, -0.15) is 11.8 Å². The number of carbonyl (C=O) groups excluding carboxylic acids is 4. The Labute approximate surface area is 273 Å². The van der Waals surface area contributed by atoms with E-state index in [1.807, 2.05) is 21.6 Å². The van der Waals surface area contributed by atoms with Crippen LogP contribution >= 0.6 is 33.3 Å². The number of methoxy groups -OCH3 is 2. The average Bonchev–Trinajstić information content (AvgIpc) is 3.34. The monoisotopic (exact) mass is 669 g/mol. The molecule has 0 saturated carbocycles. The number of carbonyl (C=O) groups is 4. The molecular weight excluding hydrogens is 623 g/mol. The van der Waals surface area contributed by atoms with E-state index in [4.69, 9.17) is 14.2 Å². The van der Waals surface area contributed by atoms with E-state index in [1.165, 1.54) is 0 Å². The van der Waals surface area contributed by atoms with Crippen molar-refractivity contribution in [2.75, 3.05) is 51.7 Å². The number of nitrogens with one attached hydrogen (secondary N) is 3. The van der Waals surface area contributed by atoms with Gasteiger partial charge in [-0.25, -0.2) is 0 Å². The quantitative estimate of drug-likeness (QED) is 0.153. The van der Waals surface area contributed by atoms with Crippen molar-refractivity contribution >= 4 is 56.9 Å². The first-order valence-corrected chi connectivity index (χ1v) is 18.9. The minimum Gasteiger partial charge on any atom is -0.496 e. The van der Waals surface area contributed by atoms with Gasteiger partial charge in [-0.05, 0) is 38.5 Å². The topological polar surface area (TPSA) is 132 Å². The Morgan fingerprint density at radius 2 is 1.48 bits per heavy atom. The largest absolute Gasteiger partial charge is 0.496 e. The summed E-state index contributed by atoms with van der Waals surface area (Å²) < 4.78 is 16.9. The predicted molar refractivity (Wildman–Crippen MR) is 179 cm³/mol. The zero-order valence-electron chi connectivity index (χ0n) is 26.1. The SMILES string of the molecule is CNC(=O)CCCCOc1cc(OC)c(CNC(=O)CCCC(=O)NCC2CC(C(=O)C3CCSSCC3)CS2)c(OC)c1. The lowest BCUT2D eigenvalue weighted by Gasteiger charge is -2.17. The van der Waals surface area contributed by atoms with Gasteiger partial charge in [0, 0.05) is 79.3 Å². The van der Waals surface area contributed by atoms with E-state index in [2.05, 4.69) is 16.0 Å². The number of thioether (sulfide) groups is 1. The summed E-state index contributed by atoms with van der Waals surface area (Å²) in [4.78, 5) is 49.3. The number of amides is 3. The third-order valence-corrected chi connectivity index (χ3v) is 11.7. The van der Waals surface area contributed by atoms with Crippen LogP contribution in [0.2, 0.25) is 0 Å². The van der Waals surface area contributed by atoms with Crippen LogP contribution in [0.1, 0.15) is 63.4 Å². The van der Waals surface area contributed by atoms with E-state index >= 15 is 0 Å². The number of hydrogen-bond acceptors (Lipinski definition) is 10. The van der Waals surface area contributed by atoms with Crippen LogP contribution in [0.15, 0.2) is 12.1 Å². The Morgan fingerprint density at radius 3 is 2.11 bits per heavy atom. The Balaban J connectivity index is 1.34. The van der Waals surface area contributed by atoms with Gasteiger partial charge in [0.15, 0.2) is 0 Å². The van der Waals surface area contributed by atoms with Crippen molar-refractivity contribution in [1.29, 1.82) is 0 Å². The van der Waals surface area contributed by atoms with E-state index in [0.717, 1.165) is 49.4 Å². The van der Waals surface area contributed by atoms with E-state index in [1.54, 1.807) is 45.2 Å².